The topological polar surface area (TPSA) is 88.2 Å². The van der Waals surface area contributed by atoms with E-state index in [2.05, 4.69) is 5.32 Å². The predicted molar refractivity (Wildman–Crippen MR) is 160 cm³/mol. The van der Waals surface area contributed by atoms with Gasteiger partial charge in [-0.15, -0.1) is 0 Å². The number of carbonyl (C=O) groups excluding carboxylic acids is 3. The molecule has 0 saturated carbocycles. The van der Waals surface area contributed by atoms with Crippen molar-refractivity contribution in [2.24, 2.45) is 5.92 Å². The van der Waals surface area contributed by atoms with Crippen molar-refractivity contribution in [3.8, 4) is 0 Å². The van der Waals surface area contributed by atoms with Crippen LogP contribution in [0.3, 0.4) is 0 Å². The molecular weight excluding hydrogens is 589 g/mol. The Kier molecular flexibility index (Phi) is 10.1. The molecule has 3 amide bonds. The third kappa shape index (κ3) is 7.86. The largest absolute Gasteiger partial charge is 0.444 e. The lowest BCUT2D eigenvalue weighted by Crippen LogP contribution is -2.57. The normalized spacial score (nSPS) is 23.0. The number of ether oxygens (including phenoxy) is 2. The fourth-order valence-electron chi connectivity index (χ4n) is 5.49. The zero-order valence-corrected chi connectivity index (χ0v) is 25.9. The van der Waals surface area contributed by atoms with Crippen molar-refractivity contribution < 1.29 is 23.9 Å². The zero-order chi connectivity index (χ0) is 29.9. The van der Waals surface area contributed by atoms with Gasteiger partial charge in [0.05, 0.1) is 28.6 Å². The van der Waals surface area contributed by atoms with Gasteiger partial charge >= 0.3 is 6.09 Å². The number of halogens is 3. The summed E-state index contributed by atoms with van der Waals surface area (Å²) in [4.78, 5) is 43.4. The number of hydrogen-bond acceptors (Lipinski definition) is 5. The Morgan fingerprint density at radius 1 is 1.02 bits per heavy atom. The number of carbonyl (C=O) groups is 3. The van der Waals surface area contributed by atoms with Crippen LogP contribution in [-0.4, -0.2) is 78.7 Å². The number of benzene rings is 2. The second-order valence-electron chi connectivity index (χ2n) is 11.6. The first-order chi connectivity index (χ1) is 19.3. The molecule has 0 bridgehead atoms. The average molecular weight is 625 g/mol. The number of amides is 3. The lowest BCUT2D eigenvalue weighted by atomic mass is 9.83. The van der Waals surface area contributed by atoms with Gasteiger partial charge in [0, 0.05) is 49.3 Å². The summed E-state index contributed by atoms with van der Waals surface area (Å²) in [5.74, 6) is -0.886. The number of nitrogens with zero attached hydrogens (tertiary/aromatic N) is 2. The molecule has 2 aliphatic rings. The van der Waals surface area contributed by atoms with Gasteiger partial charge in [-0.2, -0.15) is 0 Å². The molecule has 2 saturated heterocycles. The number of likely N-dealkylation sites (N-methyl/N-ethyl adjacent to an activating group) is 1. The van der Waals surface area contributed by atoms with Gasteiger partial charge in [0.15, 0.2) is 0 Å². The molecule has 0 aliphatic carbocycles. The number of alkyl carbamates (subject to hydrolysis) is 1. The Hall–Kier alpha value is -2.52. The molecule has 8 nitrogen and oxygen atoms in total. The van der Waals surface area contributed by atoms with Gasteiger partial charge in [0.1, 0.15) is 5.60 Å². The number of hydrogen-bond donors (Lipinski definition) is 1. The number of piperidine rings is 1. The maximum absolute atomic E-state index is 13.9. The third-order valence-corrected chi connectivity index (χ3v) is 8.54. The van der Waals surface area contributed by atoms with Gasteiger partial charge in [0.25, 0.3) is 5.91 Å². The maximum atomic E-state index is 13.9. The monoisotopic (exact) mass is 623 g/mol. The Bertz CT molecular complexity index is 1270. The number of rotatable bonds is 5. The number of likely N-dealkylation sites (tertiary alicyclic amines) is 1. The predicted octanol–water partition coefficient (Wildman–Crippen LogP) is 6.03. The Balaban J connectivity index is 1.56. The summed E-state index contributed by atoms with van der Waals surface area (Å²) in [6, 6.07) is 11.5. The molecule has 0 aromatic heterocycles. The molecule has 2 aliphatic heterocycles. The highest BCUT2D eigenvalue weighted by Crippen LogP contribution is 2.35. The first-order valence-electron chi connectivity index (χ1n) is 13.7. The van der Waals surface area contributed by atoms with E-state index in [0.29, 0.717) is 53.2 Å². The van der Waals surface area contributed by atoms with E-state index < -0.39 is 23.7 Å². The standard InChI is InChI=1S/C30H36Cl3N3O5/c1-30(2,3)41-29(39)34-25-17-40-14-12-21(25)28(38)36-13-11-26(22(16-36)19-7-10-23(32)24(33)15-19)35(4)27(37)18-5-8-20(31)9-6-18/h5-10,15,21-22,25-26H,11-14,16-17H2,1-4H3,(H,34,39)/t21-,22-,25+,26+/m0/s1. The lowest BCUT2D eigenvalue weighted by Gasteiger charge is -2.44. The highest BCUT2D eigenvalue weighted by molar-refractivity contribution is 6.42. The average Bonchev–Trinajstić information content (AvgIpc) is 2.92. The summed E-state index contributed by atoms with van der Waals surface area (Å²) < 4.78 is 11.0. The van der Waals surface area contributed by atoms with Crippen LogP contribution in [0.25, 0.3) is 0 Å². The first-order valence-corrected chi connectivity index (χ1v) is 14.8. The summed E-state index contributed by atoms with van der Waals surface area (Å²) in [5.41, 5.74) is 0.749. The van der Waals surface area contributed by atoms with E-state index >= 15 is 0 Å². The van der Waals surface area contributed by atoms with E-state index in [4.69, 9.17) is 44.3 Å². The van der Waals surface area contributed by atoms with Crippen LogP contribution in [0, 0.1) is 5.92 Å². The minimum Gasteiger partial charge on any atom is -0.444 e. The van der Waals surface area contributed by atoms with Gasteiger partial charge in [-0.3, -0.25) is 9.59 Å². The van der Waals surface area contributed by atoms with Gasteiger partial charge in [-0.25, -0.2) is 4.79 Å². The summed E-state index contributed by atoms with van der Waals surface area (Å²) in [5, 5.41) is 4.23. The molecule has 2 heterocycles. The van der Waals surface area contributed by atoms with Crippen molar-refractivity contribution in [3.63, 3.8) is 0 Å². The fourth-order valence-corrected chi connectivity index (χ4v) is 5.92. The van der Waals surface area contributed by atoms with Crippen molar-refractivity contribution in [1.29, 1.82) is 0 Å². The molecular formula is C30H36Cl3N3O5. The van der Waals surface area contributed by atoms with Crippen molar-refractivity contribution in [2.45, 2.75) is 57.2 Å². The Morgan fingerprint density at radius 2 is 1.73 bits per heavy atom. The molecule has 2 aromatic carbocycles. The minimum absolute atomic E-state index is 0.0652. The molecule has 0 radical (unpaired) electrons. The summed E-state index contributed by atoms with van der Waals surface area (Å²) in [6.45, 7) is 6.83. The van der Waals surface area contributed by atoms with Crippen LogP contribution in [0.2, 0.25) is 15.1 Å². The second-order valence-corrected chi connectivity index (χ2v) is 12.8. The Morgan fingerprint density at radius 3 is 2.39 bits per heavy atom. The second kappa shape index (κ2) is 13.2. The van der Waals surface area contributed by atoms with Crippen LogP contribution in [0.5, 0.6) is 0 Å². The van der Waals surface area contributed by atoms with E-state index in [9.17, 15) is 14.4 Å². The molecule has 4 rings (SSSR count). The van der Waals surface area contributed by atoms with Crippen LogP contribution in [0.4, 0.5) is 4.79 Å². The van der Waals surface area contributed by atoms with E-state index in [-0.39, 0.29) is 30.4 Å². The van der Waals surface area contributed by atoms with Crippen molar-refractivity contribution in [3.05, 3.63) is 68.7 Å². The zero-order valence-electron chi connectivity index (χ0n) is 23.7. The van der Waals surface area contributed by atoms with Gasteiger partial charge in [0.2, 0.25) is 5.91 Å². The molecule has 0 spiro atoms. The van der Waals surface area contributed by atoms with Crippen LogP contribution in [0.15, 0.2) is 42.5 Å². The van der Waals surface area contributed by atoms with Gasteiger partial charge in [-0.1, -0.05) is 40.9 Å². The quantitative estimate of drug-likeness (QED) is 0.439. The van der Waals surface area contributed by atoms with Crippen LogP contribution in [0.1, 0.15) is 55.5 Å². The van der Waals surface area contributed by atoms with Crippen LogP contribution < -0.4 is 5.32 Å². The van der Waals surface area contributed by atoms with E-state index in [1.807, 2.05) is 11.0 Å². The lowest BCUT2D eigenvalue weighted by molar-refractivity contribution is -0.141. The van der Waals surface area contributed by atoms with E-state index in [0.717, 1.165) is 5.56 Å². The van der Waals surface area contributed by atoms with E-state index in [1.165, 1.54) is 0 Å². The van der Waals surface area contributed by atoms with Gasteiger partial charge in [-0.05, 0) is 75.6 Å². The fraction of sp³-hybridized carbons (Fsp3) is 0.500. The molecule has 0 unspecified atom stereocenters. The van der Waals surface area contributed by atoms with Crippen molar-refractivity contribution in [2.75, 3.05) is 33.4 Å². The SMILES string of the molecule is CN(C(=O)c1ccc(Cl)cc1)[C@@H]1CCN(C(=O)[C@H]2CCOC[C@H]2NC(=O)OC(C)(C)C)C[C@H]1c1ccc(Cl)c(Cl)c1. The van der Waals surface area contributed by atoms with Crippen LogP contribution >= 0.6 is 34.8 Å². The summed E-state index contributed by atoms with van der Waals surface area (Å²) >= 11 is 18.6. The first kappa shape index (κ1) is 31.4. The number of nitrogens with one attached hydrogen (secondary N) is 1. The highest BCUT2D eigenvalue weighted by atomic mass is 35.5. The summed E-state index contributed by atoms with van der Waals surface area (Å²) in [7, 11) is 1.78. The van der Waals surface area contributed by atoms with Gasteiger partial charge < -0.3 is 24.6 Å². The molecule has 1 N–H and O–H groups in total. The summed E-state index contributed by atoms with van der Waals surface area (Å²) in [6.07, 6.45) is 0.450. The smallest absolute Gasteiger partial charge is 0.407 e. The molecule has 41 heavy (non-hydrogen) atoms. The molecule has 222 valence electrons. The van der Waals surface area contributed by atoms with Crippen LogP contribution in [-0.2, 0) is 14.3 Å². The highest BCUT2D eigenvalue weighted by Gasteiger charge is 2.41. The molecule has 2 aromatic rings. The minimum atomic E-state index is -0.663. The Labute approximate surface area is 256 Å². The molecule has 2 fully saturated rings. The van der Waals surface area contributed by atoms with E-state index in [1.54, 1.807) is 69.1 Å². The molecule has 4 atom stereocenters. The van der Waals surface area contributed by atoms with Crippen molar-refractivity contribution in [1.82, 2.24) is 15.1 Å². The maximum Gasteiger partial charge on any atom is 0.407 e. The molecule has 11 heteroatoms. The van der Waals surface area contributed by atoms with Crippen molar-refractivity contribution >= 4 is 52.7 Å². The third-order valence-electron chi connectivity index (χ3n) is 7.54.